The van der Waals surface area contributed by atoms with Crippen LogP contribution in [0, 0.1) is 0 Å². The molecule has 50 heavy (non-hydrogen) atoms. The van der Waals surface area contributed by atoms with Crippen molar-refractivity contribution in [2.24, 2.45) is 0 Å². The molecule has 2 nitrogen and oxygen atoms in total. The van der Waals surface area contributed by atoms with Crippen molar-refractivity contribution in [3.05, 3.63) is 199 Å². The van der Waals surface area contributed by atoms with Crippen molar-refractivity contribution in [2.45, 2.75) is 12.3 Å². The van der Waals surface area contributed by atoms with Crippen LogP contribution in [0.2, 0.25) is 0 Å². The average molecular weight is 639 g/mol. The lowest BCUT2D eigenvalue weighted by atomic mass is 9.87. The van der Waals surface area contributed by atoms with Gasteiger partial charge in [0.15, 0.2) is 0 Å². The molecule has 236 valence electrons. The lowest BCUT2D eigenvalue weighted by Gasteiger charge is -2.18. The molecule has 1 aliphatic carbocycles. The molecule has 0 saturated carbocycles. The van der Waals surface area contributed by atoms with Crippen molar-refractivity contribution in [2.75, 3.05) is 0 Å². The zero-order chi connectivity index (χ0) is 33.0. The van der Waals surface area contributed by atoms with Crippen LogP contribution in [0.25, 0.3) is 71.7 Å². The molecule has 1 atom stereocenters. The van der Waals surface area contributed by atoms with Gasteiger partial charge in [-0.2, -0.15) is 0 Å². The second-order valence-corrected chi connectivity index (χ2v) is 13.3. The predicted molar refractivity (Wildman–Crippen MR) is 211 cm³/mol. The van der Waals surface area contributed by atoms with E-state index in [0.29, 0.717) is 5.92 Å². The molecule has 0 saturated heterocycles. The number of benzene rings is 7. The monoisotopic (exact) mass is 638 g/mol. The number of rotatable bonds is 5. The summed E-state index contributed by atoms with van der Waals surface area (Å²) in [5.41, 5.74) is 13.7. The molecular formula is C48H34N2. The van der Waals surface area contributed by atoms with E-state index in [0.717, 1.165) is 6.42 Å². The normalized spacial score (nSPS) is 14.6. The maximum Gasteiger partial charge on any atom is 0.0541 e. The second-order valence-electron chi connectivity index (χ2n) is 13.3. The minimum absolute atomic E-state index is 0.338. The standard InChI is InChI=1S/C48H34N2/c1-3-12-33(13-4-1)36-14-11-17-40(30-36)50-46-21-10-8-19-42(46)44-32-38(27-29-48(44)50)35-24-22-34(23-25-35)37-26-28-47-43(31-37)41-18-7-9-20-45(41)49(47)39-15-5-2-6-16-39/h1-22,24-32,34H,23H2. The Bertz CT molecular complexity index is 2780. The Hall–Kier alpha value is -6.38. The zero-order valence-corrected chi connectivity index (χ0v) is 27.6. The van der Waals surface area contributed by atoms with Crippen LogP contribution >= 0.6 is 0 Å². The SMILES string of the molecule is C1=CC(c2ccc3c(c2)c2ccccc2n3-c2ccccc2)CC=C1c1ccc2c(c1)c1ccccc1n2-c1cccc(-c2ccccc2)c1. The number of hydrogen-bond acceptors (Lipinski definition) is 0. The molecule has 1 aliphatic rings. The lowest BCUT2D eigenvalue weighted by Crippen LogP contribution is -1.99. The summed E-state index contributed by atoms with van der Waals surface area (Å²) in [6.07, 6.45) is 8.12. The lowest BCUT2D eigenvalue weighted by molar-refractivity contribution is 0.858. The number of fused-ring (bicyclic) bond motifs is 6. The molecule has 10 rings (SSSR count). The topological polar surface area (TPSA) is 9.86 Å². The Balaban J connectivity index is 0.997. The molecule has 0 fully saturated rings. The summed E-state index contributed by atoms with van der Waals surface area (Å²) in [5.74, 6) is 0.338. The van der Waals surface area contributed by atoms with E-state index in [9.17, 15) is 0 Å². The van der Waals surface area contributed by atoms with Crippen molar-refractivity contribution in [1.82, 2.24) is 9.13 Å². The van der Waals surface area contributed by atoms with Crippen LogP contribution in [0.3, 0.4) is 0 Å². The highest BCUT2D eigenvalue weighted by Crippen LogP contribution is 2.39. The molecule has 0 spiro atoms. The largest absolute Gasteiger partial charge is 0.309 e. The predicted octanol–water partition coefficient (Wildman–Crippen LogP) is 12.7. The van der Waals surface area contributed by atoms with E-state index in [2.05, 4.69) is 197 Å². The fourth-order valence-corrected chi connectivity index (χ4v) is 8.04. The first kappa shape index (κ1) is 28.6. The summed E-state index contributed by atoms with van der Waals surface area (Å²) in [6, 6.07) is 61.8. The second kappa shape index (κ2) is 11.6. The van der Waals surface area contributed by atoms with Crippen LogP contribution in [0.5, 0.6) is 0 Å². The first-order chi connectivity index (χ1) is 24.8. The number of nitrogens with zero attached hydrogens (tertiary/aromatic N) is 2. The van der Waals surface area contributed by atoms with Crippen LogP contribution in [-0.4, -0.2) is 9.13 Å². The molecule has 9 aromatic rings. The fourth-order valence-electron chi connectivity index (χ4n) is 8.04. The molecule has 0 aliphatic heterocycles. The molecule has 2 aromatic heterocycles. The van der Waals surface area contributed by atoms with Gasteiger partial charge in [0.2, 0.25) is 0 Å². The maximum atomic E-state index is 2.42. The molecule has 0 N–H and O–H groups in total. The summed E-state index contributed by atoms with van der Waals surface area (Å²) in [6.45, 7) is 0. The number of aromatic nitrogens is 2. The molecule has 1 unspecified atom stereocenters. The van der Waals surface area contributed by atoms with Gasteiger partial charge in [-0.05, 0) is 94.9 Å². The van der Waals surface area contributed by atoms with E-state index in [1.165, 1.54) is 82.8 Å². The molecule has 0 amide bonds. The van der Waals surface area contributed by atoms with E-state index >= 15 is 0 Å². The highest BCUT2D eigenvalue weighted by Gasteiger charge is 2.18. The Morgan fingerprint density at radius 1 is 0.400 bits per heavy atom. The number of hydrogen-bond donors (Lipinski definition) is 0. The Kier molecular flexibility index (Phi) is 6.67. The Morgan fingerprint density at radius 2 is 0.980 bits per heavy atom. The van der Waals surface area contributed by atoms with Gasteiger partial charge in [-0.15, -0.1) is 0 Å². The van der Waals surface area contributed by atoms with Crippen molar-refractivity contribution < 1.29 is 0 Å². The fraction of sp³-hybridized carbons (Fsp3) is 0.0417. The smallest absolute Gasteiger partial charge is 0.0541 e. The van der Waals surface area contributed by atoms with Gasteiger partial charge in [0, 0.05) is 38.8 Å². The summed E-state index contributed by atoms with van der Waals surface area (Å²) in [7, 11) is 0. The summed E-state index contributed by atoms with van der Waals surface area (Å²) < 4.78 is 4.79. The van der Waals surface area contributed by atoms with Gasteiger partial charge < -0.3 is 9.13 Å². The van der Waals surface area contributed by atoms with Gasteiger partial charge >= 0.3 is 0 Å². The third kappa shape index (κ3) is 4.64. The van der Waals surface area contributed by atoms with Gasteiger partial charge in [-0.25, -0.2) is 0 Å². The van der Waals surface area contributed by atoms with E-state index in [4.69, 9.17) is 0 Å². The zero-order valence-electron chi connectivity index (χ0n) is 27.6. The van der Waals surface area contributed by atoms with Crippen LogP contribution in [0.4, 0.5) is 0 Å². The van der Waals surface area contributed by atoms with Crippen LogP contribution < -0.4 is 0 Å². The minimum Gasteiger partial charge on any atom is -0.309 e. The third-order valence-corrected chi connectivity index (χ3v) is 10.5. The van der Waals surface area contributed by atoms with Gasteiger partial charge in [0.1, 0.15) is 0 Å². The van der Waals surface area contributed by atoms with Crippen molar-refractivity contribution in [3.8, 4) is 22.5 Å². The van der Waals surface area contributed by atoms with Crippen LogP contribution in [0.1, 0.15) is 23.5 Å². The van der Waals surface area contributed by atoms with Gasteiger partial charge in [-0.3, -0.25) is 0 Å². The highest BCUT2D eigenvalue weighted by molar-refractivity contribution is 6.11. The summed E-state index contributed by atoms with van der Waals surface area (Å²) in [5, 5.41) is 5.15. The highest BCUT2D eigenvalue weighted by atomic mass is 15.0. The first-order valence-corrected chi connectivity index (χ1v) is 17.5. The molecule has 2 heterocycles. The minimum atomic E-state index is 0.338. The van der Waals surface area contributed by atoms with E-state index in [1.807, 2.05) is 0 Å². The Morgan fingerprint density at radius 3 is 1.70 bits per heavy atom. The molecule has 0 radical (unpaired) electrons. The first-order valence-electron chi connectivity index (χ1n) is 17.5. The molecular weight excluding hydrogens is 605 g/mol. The summed E-state index contributed by atoms with van der Waals surface area (Å²) >= 11 is 0. The van der Waals surface area contributed by atoms with E-state index in [1.54, 1.807) is 0 Å². The maximum absolute atomic E-state index is 2.42. The quantitative estimate of drug-likeness (QED) is 0.178. The number of allylic oxidation sites excluding steroid dienone is 4. The molecule has 7 aromatic carbocycles. The third-order valence-electron chi connectivity index (χ3n) is 10.5. The Labute approximate surface area is 291 Å². The van der Waals surface area contributed by atoms with Gasteiger partial charge in [0.05, 0.1) is 22.1 Å². The van der Waals surface area contributed by atoms with E-state index < -0.39 is 0 Å². The van der Waals surface area contributed by atoms with Crippen molar-refractivity contribution >= 4 is 49.2 Å². The van der Waals surface area contributed by atoms with Crippen LogP contribution in [-0.2, 0) is 0 Å². The molecule has 2 heteroatoms. The van der Waals surface area contributed by atoms with Crippen molar-refractivity contribution in [3.63, 3.8) is 0 Å². The summed E-state index contributed by atoms with van der Waals surface area (Å²) in [4.78, 5) is 0. The van der Waals surface area contributed by atoms with Gasteiger partial charge in [-0.1, -0.05) is 127 Å². The number of para-hydroxylation sites is 3. The molecule has 0 bridgehead atoms. The van der Waals surface area contributed by atoms with E-state index in [-0.39, 0.29) is 0 Å². The van der Waals surface area contributed by atoms with Gasteiger partial charge in [0.25, 0.3) is 0 Å². The van der Waals surface area contributed by atoms with Crippen LogP contribution in [0.15, 0.2) is 188 Å². The average Bonchev–Trinajstić information content (AvgIpc) is 3.71. The van der Waals surface area contributed by atoms with Crippen molar-refractivity contribution in [1.29, 1.82) is 0 Å².